The van der Waals surface area contributed by atoms with Crippen molar-refractivity contribution < 1.29 is 19.9 Å². The largest absolute Gasteiger partial charge is 0.508 e. The molecule has 150 valence electrons. The van der Waals surface area contributed by atoms with E-state index in [-0.39, 0.29) is 28.4 Å². The molecule has 0 spiro atoms. The quantitative estimate of drug-likeness (QED) is 0.346. The van der Waals surface area contributed by atoms with E-state index in [2.05, 4.69) is 10.4 Å². The summed E-state index contributed by atoms with van der Waals surface area (Å²) in [6.07, 6.45) is 0.411. The van der Waals surface area contributed by atoms with Crippen molar-refractivity contribution in [1.29, 1.82) is 0 Å². The Kier molecular flexibility index (Phi) is 4.77. The topological polar surface area (TPSA) is 128 Å². The Morgan fingerprint density at radius 3 is 2.43 bits per heavy atom. The van der Waals surface area contributed by atoms with Crippen LogP contribution in [0, 0.1) is 10.1 Å². The van der Waals surface area contributed by atoms with E-state index in [1.165, 1.54) is 36.5 Å². The molecule has 0 fully saturated rings. The van der Waals surface area contributed by atoms with Gasteiger partial charge >= 0.3 is 0 Å². The number of fused-ring (bicyclic) bond motifs is 1. The van der Waals surface area contributed by atoms with E-state index in [1.807, 2.05) is 0 Å². The molecule has 1 amide bonds. The second-order valence-corrected chi connectivity index (χ2v) is 6.55. The summed E-state index contributed by atoms with van der Waals surface area (Å²) in [6, 6.07) is 16.8. The number of nitrogens with one attached hydrogen (secondary N) is 1. The number of hydrogen-bond donors (Lipinski definition) is 3. The predicted molar refractivity (Wildman–Crippen MR) is 109 cm³/mol. The number of para-hydroxylation sites is 2. The molecule has 3 N–H and O–H groups in total. The number of phenolic OH excluding ortho intramolecular Hbond substituents is 2. The minimum absolute atomic E-state index is 0.00574. The summed E-state index contributed by atoms with van der Waals surface area (Å²) in [5, 5.41) is 39.8. The minimum Gasteiger partial charge on any atom is -0.508 e. The van der Waals surface area contributed by atoms with Gasteiger partial charge in [-0.25, -0.2) is 5.01 Å². The first-order valence-corrected chi connectivity index (χ1v) is 8.94. The molecule has 4 rings (SSSR count). The van der Waals surface area contributed by atoms with Gasteiger partial charge in [0.1, 0.15) is 11.5 Å². The Labute approximate surface area is 170 Å². The average Bonchev–Trinajstić information content (AvgIpc) is 2.74. The molecule has 1 heterocycles. The number of carbonyl (C=O) groups is 1. The highest BCUT2D eigenvalue weighted by Gasteiger charge is 2.35. The van der Waals surface area contributed by atoms with Gasteiger partial charge in [0.25, 0.3) is 11.6 Å². The number of hydrazone groups is 1. The highest BCUT2D eigenvalue weighted by molar-refractivity contribution is 6.02. The highest BCUT2D eigenvalue weighted by Crippen LogP contribution is 2.38. The standard InChI is InChI=1S/C21H16N4O5/c26-18-7-3-1-5-13(18)12-22-24-20(16-6-2-4-8-19(16)27)23-17-11-14(25(29)30)9-10-15(17)21(24)28/h1-12,20,23,26-27H. The first-order chi connectivity index (χ1) is 14.5. The lowest BCUT2D eigenvalue weighted by atomic mass is 10.0. The Bertz CT molecular complexity index is 1180. The SMILES string of the molecule is O=C1c2ccc([N+](=O)[O-])cc2NC(c2ccccc2O)N1N=Cc1ccccc1O. The van der Waals surface area contributed by atoms with Gasteiger partial charge in [0.05, 0.1) is 22.4 Å². The van der Waals surface area contributed by atoms with Gasteiger partial charge in [-0.2, -0.15) is 5.10 Å². The van der Waals surface area contributed by atoms with Crippen molar-refractivity contribution in [1.82, 2.24) is 5.01 Å². The summed E-state index contributed by atoms with van der Waals surface area (Å²) in [6.45, 7) is 0. The van der Waals surface area contributed by atoms with Crippen molar-refractivity contribution >= 4 is 23.5 Å². The summed E-state index contributed by atoms with van der Waals surface area (Å²) < 4.78 is 0. The fourth-order valence-electron chi connectivity index (χ4n) is 3.17. The second kappa shape index (κ2) is 7.55. The van der Waals surface area contributed by atoms with E-state index in [0.29, 0.717) is 11.1 Å². The summed E-state index contributed by atoms with van der Waals surface area (Å²) >= 11 is 0. The van der Waals surface area contributed by atoms with Gasteiger partial charge in [0.2, 0.25) is 0 Å². The van der Waals surface area contributed by atoms with Crippen LogP contribution in [0.5, 0.6) is 11.5 Å². The van der Waals surface area contributed by atoms with Crippen molar-refractivity contribution in [3.05, 3.63) is 93.5 Å². The van der Waals surface area contributed by atoms with E-state index >= 15 is 0 Å². The van der Waals surface area contributed by atoms with Crippen LogP contribution in [-0.2, 0) is 0 Å². The molecular weight excluding hydrogens is 388 g/mol. The number of non-ortho nitro benzene ring substituents is 1. The van der Waals surface area contributed by atoms with E-state index < -0.39 is 17.0 Å². The maximum absolute atomic E-state index is 13.2. The van der Waals surface area contributed by atoms with Crippen molar-refractivity contribution in [2.24, 2.45) is 5.10 Å². The fourth-order valence-corrected chi connectivity index (χ4v) is 3.17. The van der Waals surface area contributed by atoms with Crippen LogP contribution in [0.2, 0.25) is 0 Å². The fraction of sp³-hybridized carbons (Fsp3) is 0.0476. The summed E-state index contributed by atoms with van der Waals surface area (Å²) in [5.41, 5.74) is 1.04. The number of hydrogen-bond acceptors (Lipinski definition) is 7. The van der Waals surface area contributed by atoms with E-state index in [1.54, 1.807) is 36.4 Å². The monoisotopic (exact) mass is 404 g/mol. The number of nitro benzene ring substituents is 1. The molecule has 0 radical (unpaired) electrons. The Morgan fingerprint density at radius 2 is 1.73 bits per heavy atom. The number of nitrogens with zero attached hydrogens (tertiary/aromatic N) is 3. The van der Waals surface area contributed by atoms with Crippen LogP contribution in [0.25, 0.3) is 0 Å². The lowest BCUT2D eigenvalue weighted by Gasteiger charge is -2.34. The van der Waals surface area contributed by atoms with Gasteiger partial charge < -0.3 is 15.5 Å². The molecular formula is C21H16N4O5. The van der Waals surface area contributed by atoms with Crippen molar-refractivity contribution in [3.8, 4) is 11.5 Å². The van der Waals surface area contributed by atoms with Crippen LogP contribution in [-0.4, -0.2) is 32.3 Å². The predicted octanol–water partition coefficient (Wildman–Crippen LogP) is 3.61. The summed E-state index contributed by atoms with van der Waals surface area (Å²) in [4.78, 5) is 23.7. The van der Waals surface area contributed by atoms with Crippen LogP contribution < -0.4 is 5.32 Å². The molecule has 1 aliphatic heterocycles. The van der Waals surface area contributed by atoms with Crippen LogP contribution in [0.3, 0.4) is 0 Å². The molecule has 9 heteroatoms. The lowest BCUT2D eigenvalue weighted by molar-refractivity contribution is -0.384. The molecule has 1 unspecified atom stereocenters. The van der Waals surface area contributed by atoms with Crippen LogP contribution in [0.4, 0.5) is 11.4 Å². The van der Waals surface area contributed by atoms with Gasteiger partial charge in [-0.15, -0.1) is 0 Å². The third kappa shape index (κ3) is 3.39. The number of carbonyl (C=O) groups excluding carboxylic acids is 1. The molecule has 0 saturated carbocycles. The number of nitro groups is 1. The molecule has 3 aromatic carbocycles. The molecule has 0 bridgehead atoms. The van der Waals surface area contributed by atoms with Crippen LogP contribution >= 0.6 is 0 Å². The molecule has 3 aromatic rings. The van der Waals surface area contributed by atoms with E-state index in [0.717, 1.165) is 5.01 Å². The van der Waals surface area contributed by atoms with Gasteiger partial charge in [-0.1, -0.05) is 30.3 Å². The Hall–Kier alpha value is -4.40. The third-order valence-corrected chi connectivity index (χ3v) is 4.68. The number of phenols is 2. The number of aromatic hydroxyl groups is 2. The lowest BCUT2D eigenvalue weighted by Crippen LogP contribution is -2.39. The maximum Gasteiger partial charge on any atom is 0.278 e. The smallest absolute Gasteiger partial charge is 0.278 e. The molecule has 0 saturated heterocycles. The summed E-state index contributed by atoms with van der Waals surface area (Å²) in [7, 11) is 0. The van der Waals surface area contributed by atoms with E-state index in [4.69, 9.17) is 0 Å². The molecule has 0 aromatic heterocycles. The van der Waals surface area contributed by atoms with Crippen LogP contribution in [0.15, 0.2) is 71.8 Å². The van der Waals surface area contributed by atoms with Crippen LogP contribution in [0.1, 0.15) is 27.7 Å². The zero-order valence-corrected chi connectivity index (χ0v) is 15.5. The minimum atomic E-state index is -0.921. The maximum atomic E-state index is 13.2. The second-order valence-electron chi connectivity index (χ2n) is 6.55. The van der Waals surface area contributed by atoms with E-state index in [9.17, 15) is 25.1 Å². The molecule has 9 nitrogen and oxygen atoms in total. The van der Waals surface area contributed by atoms with Crippen molar-refractivity contribution in [2.75, 3.05) is 5.32 Å². The normalized spacial score (nSPS) is 15.7. The molecule has 30 heavy (non-hydrogen) atoms. The van der Waals surface area contributed by atoms with Crippen molar-refractivity contribution in [3.63, 3.8) is 0 Å². The summed E-state index contributed by atoms with van der Waals surface area (Å²) in [5.74, 6) is -0.591. The van der Waals surface area contributed by atoms with Gasteiger partial charge in [0, 0.05) is 23.3 Å². The van der Waals surface area contributed by atoms with Crippen molar-refractivity contribution in [2.45, 2.75) is 6.17 Å². The average molecular weight is 404 g/mol. The van der Waals surface area contributed by atoms with Gasteiger partial charge in [-0.05, 0) is 24.3 Å². The number of rotatable bonds is 4. The molecule has 0 aliphatic carbocycles. The zero-order valence-electron chi connectivity index (χ0n) is 15.5. The highest BCUT2D eigenvalue weighted by atomic mass is 16.6. The Balaban J connectivity index is 1.81. The number of amides is 1. The Morgan fingerprint density at radius 1 is 1.03 bits per heavy atom. The first-order valence-electron chi connectivity index (χ1n) is 8.94. The van der Waals surface area contributed by atoms with Gasteiger partial charge in [-0.3, -0.25) is 14.9 Å². The number of anilines is 1. The molecule has 1 atom stereocenters. The van der Waals surface area contributed by atoms with Gasteiger partial charge in [0.15, 0.2) is 6.17 Å². The first kappa shape index (κ1) is 18.9. The zero-order chi connectivity index (χ0) is 21.3. The number of benzene rings is 3. The molecule has 1 aliphatic rings. The third-order valence-electron chi connectivity index (χ3n) is 4.68.